The van der Waals surface area contributed by atoms with E-state index in [9.17, 15) is 21.4 Å². The van der Waals surface area contributed by atoms with Gasteiger partial charge in [-0.1, -0.05) is 6.07 Å². The maximum absolute atomic E-state index is 11.3. The summed E-state index contributed by atoms with van der Waals surface area (Å²) in [7, 11) is -9.53. The number of rotatable bonds is 2. The summed E-state index contributed by atoms with van der Waals surface area (Å²) in [5.41, 5.74) is 5.74. The Labute approximate surface area is 163 Å². The minimum absolute atomic E-state index is 0. The molecular formula is C10H10KNO7S2. The summed E-state index contributed by atoms with van der Waals surface area (Å²) in [5, 5.41) is 0.202. The molecule has 0 atom stereocenters. The molecule has 0 spiro atoms. The summed E-state index contributed by atoms with van der Waals surface area (Å²) < 4.78 is 64.5. The zero-order valence-corrected chi connectivity index (χ0v) is 15.5. The van der Waals surface area contributed by atoms with Crippen LogP contribution in [0, 0.1) is 0 Å². The van der Waals surface area contributed by atoms with Crippen LogP contribution in [0.15, 0.2) is 40.1 Å². The Morgan fingerprint density at radius 3 is 2.10 bits per heavy atom. The standard InChI is InChI=1S/C10H9NO6S2.K.H2O/c11-7-2-1-6-3-8(18(12,13)14)5-10(9(6)4-7)19(15,16)17;;/h1-5H,11H2,(H,12,13,14)(H,15,16,17);;1H2/q;+1;/p-1. The fourth-order valence-corrected chi connectivity index (χ4v) is 3.01. The van der Waals surface area contributed by atoms with Gasteiger partial charge >= 0.3 is 51.4 Å². The van der Waals surface area contributed by atoms with E-state index in [2.05, 4.69) is 0 Å². The first-order chi connectivity index (χ1) is 8.59. The van der Waals surface area contributed by atoms with E-state index in [-0.39, 0.29) is 73.3 Å². The van der Waals surface area contributed by atoms with Gasteiger partial charge < -0.3 is 15.8 Å². The first-order valence-electron chi connectivity index (χ1n) is 4.86. The molecule has 2 rings (SSSR count). The van der Waals surface area contributed by atoms with E-state index in [0.29, 0.717) is 6.07 Å². The van der Waals surface area contributed by atoms with Crippen LogP contribution in [-0.4, -0.2) is 31.4 Å². The molecule has 0 aliphatic heterocycles. The van der Waals surface area contributed by atoms with Crippen molar-refractivity contribution in [1.29, 1.82) is 0 Å². The zero-order valence-electron chi connectivity index (χ0n) is 10.8. The van der Waals surface area contributed by atoms with Crippen molar-refractivity contribution in [2.45, 2.75) is 9.79 Å². The molecule has 2 aromatic carbocycles. The van der Waals surface area contributed by atoms with E-state index >= 15 is 0 Å². The van der Waals surface area contributed by atoms with E-state index < -0.39 is 30.0 Å². The van der Waals surface area contributed by atoms with Gasteiger partial charge in [-0.05, 0) is 29.7 Å². The third-order valence-corrected chi connectivity index (χ3v) is 4.19. The average Bonchev–Trinajstić information content (AvgIpc) is 2.24. The van der Waals surface area contributed by atoms with E-state index in [1.54, 1.807) is 0 Å². The summed E-state index contributed by atoms with van der Waals surface area (Å²) in [5.74, 6) is 0. The van der Waals surface area contributed by atoms with Crippen molar-refractivity contribution in [1.82, 2.24) is 0 Å². The fourth-order valence-electron chi connectivity index (χ4n) is 1.67. The fraction of sp³-hybridized carbons (Fsp3) is 0. The van der Waals surface area contributed by atoms with Crippen LogP contribution < -0.4 is 57.1 Å². The molecule has 0 aliphatic rings. The second kappa shape index (κ2) is 7.00. The second-order valence-corrected chi connectivity index (χ2v) is 6.60. The molecule has 21 heavy (non-hydrogen) atoms. The van der Waals surface area contributed by atoms with Crippen molar-refractivity contribution in [2.24, 2.45) is 0 Å². The van der Waals surface area contributed by atoms with Gasteiger partial charge in [0, 0.05) is 11.1 Å². The van der Waals surface area contributed by atoms with Crippen LogP contribution in [0.1, 0.15) is 0 Å². The summed E-state index contributed by atoms with van der Waals surface area (Å²) in [4.78, 5) is -1.41. The number of nitrogen functional groups attached to an aromatic ring is 1. The van der Waals surface area contributed by atoms with Gasteiger partial charge in [0.1, 0.15) is 15.0 Å². The SMILES string of the molecule is Nc1ccc2cc(S(=O)(=O)[O-])cc(S(=O)(=O)O)c2c1.O.[K+]. The topological polar surface area (TPSA) is 169 Å². The van der Waals surface area contributed by atoms with Crippen LogP contribution in [-0.2, 0) is 20.2 Å². The Balaban J connectivity index is 0.00000200. The van der Waals surface area contributed by atoms with Crippen LogP contribution in [0.5, 0.6) is 0 Å². The minimum atomic E-state index is -4.84. The molecule has 5 N–H and O–H groups in total. The van der Waals surface area contributed by atoms with E-state index in [4.69, 9.17) is 10.3 Å². The van der Waals surface area contributed by atoms with E-state index in [1.165, 1.54) is 18.2 Å². The Hall–Kier alpha value is -0.0836. The molecule has 0 amide bonds. The molecule has 110 valence electrons. The molecule has 2 aromatic rings. The Morgan fingerprint density at radius 1 is 1.05 bits per heavy atom. The smallest absolute Gasteiger partial charge is 0.744 e. The van der Waals surface area contributed by atoms with Crippen LogP contribution in [0.3, 0.4) is 0 Å². The van der Waals surface area contributed by atoms with E-state index in [0.717, 1.165) is 6.07 Å². The molecule has 0 unspecified atom stereocenters. The summed E-state index contributed by atoms with van der Waals surface area (Å²) >= 11 is 0. The van der Waals surface area contributed by atoms with Crippen LogP contribution in [0.25, 0.3) is 10.8 Å². The van der Waals surface area contributed by atoms with Crippen molar-refractivity contribution >= 4 is 36.7 Å². The van der Waals surface area contributed by atoms with Crippen molar-refractivity contribution in [3.63, 3.8) is 0 Å². The molecule has 0 radical (unpaired) electrons. The van der Waals surface area contributed by atoms with Gasteiger partial charge in [0.05, 0.1) is 4.90 Å². The third-order valence-electron chi connectivity index (χ3n) is 2.48. The van der Waals surface area contributed by atoms with Crippen molar-refractivity contribution in [3.05, 3.63) is 30.3 Å². The monoisotopic (exact) mass is 359 g/mol. The first-order valence-corrected chi connectivity index (χ1v) is 7.70. The zero-order chi connectivity index (χ0) is 14.4. The maximum atomic E-state index is 11.3. The molecule has 0 saturated heterocycles. The molecule has 0 saturated carbocycles. The van der Waals surface area contributed by atoms with Crippen LogP contribution in [0.4, 0.5) is 5.69 Å². The first kappa shape index (κ1) is 20.9. The number of benzene rings is 2. The predicted molar refractivity (Wildman–Crippen MR) is 69.8 cm³/mol. The number of anilines is 1. The van der Waals surface area contributed by atoms with Gasteiger partial charge in [-0.15, -0.1) is 0 Å². The van der Waals surface area contributed by atoms with Crippen LogP contribution in [0.2, 0.25) is 0 Å². The molecule has 0 aliphatic carbocycles. The van der Waals surface area contributed by atoms with Crippen LogP contribution >= 0.6 is 0 Å². The Kier molecular flexibility index (Phi) is 6.97. The maximum Gasteiger partial charge on any atom is 1.00 e. The summed E-state index contributed by atoms with van der Waals surface area (Å²) in [6.07, 6.45) is 0. The van der Waals surface area contributed by atoms with Gasteiger partial charge in [-0.25, -0.2) is 8.42 Å². The molecule has 0 aromatic heterocycles. The van der Waals surface area contributed by atoms with Gasteiger partial charge in [0.2, 0.25) is 0 Å². The van der Waals surface area contributed by atoms with Crippen molar-refractivity contribution < 1.29 is 82.8 Å². The number of fused-ring (bicyclic) bond motifs is 1. The molecule has 0 heterocycles. The molecular weight excluding hydrogens is 349 g/mol. The van der Waals surface area contributed by atoms with Crippen molar-refractivity contribution in [3.8, 4) is 0 Å². The van der Waals surface area contributed by atoms with E-state index in [1.807, 2.05) is 0 Å². The quantitative estimate of drug-likeness (QED) is 0.322. The van der Waals surface area contributed by atoms with Gasteiger partial charge in [0.25, 0.3) is 10.1 Å². The number of nitrogens with two attached hydrogens (primary N) is 1. The summed E-state index contributed by atoms with van der Waals surface area (Å²) in [6, 6.07) is 5.66. The molecule has 0 bridgehead atoms. The predicted octanol–water partition coefficient (Wildman–Crippen LogP) is -3.25. The number of hydrogen-bond donors (Lipinski definition) is 2. The Morgan fingerprint density at radius 2 is 1.62 bits per heavy atom. The average molecular weight is 359 g/mol. The number of hydrogen-bond acceptors (Lipinski definition) is 6. The molecule has 11 heteroatoms. The van der Waals surface area contributed by atoms with Crippen molar-refractivity contribution in [2.75, 3.05) is 5.73 Å². The summed E-state index contributed by atoms with van der Waals surface area (Å²) in [6.45, 7) is 0. The third kappa shape index (κ3) is 4.69. The largest absolute Gasteiger partial charge is 1.00 e. The normalized spacial score (nSPS) is 11.5. The Bertz CT molecular complexity index is 878. The molecule has 8 nitrogen and oxygen atoms in total. The van der Waals surface area contributed by atoms with Gasteiger partial charge in [0.15, 0.2) is 0 Å². The van der Waals surface area contributed by atoms with Gasteiger partial charge in [-0.3, -0.25) is 4.55 Å². The van der Waals surface area contributed by atoms with Gasteiger partial charge in [-0.2, -0.15) is 8.42 Å². The second-order valence-electron chi connectivity index (χ2n) is 3.83. The minimum Gasteiger partial charge on any atom is -0.744 e. The molecule has 0 fully saturated rings.